The topological polar surface area (TPSA) is 85.2 Å². The normalized spacial score (nSPS) is 11.4. The second kappa shape index (κ2) is 7.30. The smallest absolute Gasteiger partial charge is 0.319 e. The zero-order valence-electron chi connectivity index (χ0n) is 10.3. The highest BCUT2D eigenvalue weighted by molar-refractivity contribution is 5.89. The monoisotopic (exact) mass is 247 g/mol. The number of carbonyl (C=O) groups is 1. The van der Waals surface area contributed by atoms with Crippen molar-refractivity contribution in [2.24, 2.45) is 0 Å². The van der Waals surface area contributed by atoms with Crippen molar-refractivity contribution in [1.29, 1.82) is 5.26 Å². The first kappa shape index (κ1) is 14.0. The third kappa shape index (κ3) is 5.32. The number of nitriles is 1. The van der Waals surface area contributed by atoms with Gasteiger partial charge in [0.05, 0.1) is 17.7 Å². The van der Waals surface area contributed by atoms with Crippen molar-refractivity contribution in [3.63, 3.8) is 0 Å². The van der Waals surface area contributed by atoms with Gasteiger partial charge in [0.2, 0.25) is 0 Å². The van der Waals surface area contributed by atoms with E-state index >= 15 is 0 Å². The number of aliphatic hydroxyl groups is 1. The van der Waals surface area contributed by atoms with E-state index in [-0.39, 0.29) is 12.1 Å². The zero-order chi connectivity index (χ0) is 13.4. The largest absolute Gasteiger partial charge is 0.393 e. The van der Waals surface area contributed by atoms with Crippen molar-refractivity contribution >= 4 is 11.7 Å². The van der Waals surface area contributed by atoms with Gasteiger partial charge < -0.3 is 15.7 Å². The lowest BCUT2D eigenvalue weighted by Crippen LogP contribution is -2.29. The van der Waals surface area contributed by atoms with Gasteiger partial charge in [0.15, 0.2) is 0 Å². The number of hydrogen-bond acceptors (Lipinski definition) is 3. The van der Waals surface area contributed by atoms with E-state index in [1.54, 1.807) is 31.2 Å². The molecule has 0 aliphatic rings. The van der Waals surface area contributed by atoms with Crippen molar-refractivity contribution in [2.45, 2.75) is 25.9 Å². The summed E-state index contributed by atoms with van der Waals surface area (Å²) >= 11 is 0. The summed E-state index contributed by atoms with van der Waals surface area (Å²) in [6.07, 6.45) is 1.04. The number of amides is 2. The van der Waals surface area contributed by atoms with Crippen molar-refractivity contribution < 1.29 is 9.90 Å². The highest BCUT2D eigenvalue weighted by atomic mass is 16.3. The number of rotatable bonds is 5. The lowest BCUT2D eigenvalue weighted by molar-refractivity contribution is 0.181. The summed E-state index contributed by atoms with van der Waals surface area (Å²) in [5.41, 5.74) is 1.09. The minimum absolute atomic E-state index is 0.310. The SMILES string of the molecule is CC(O)CCCNC(=O)Nc1cccc(C#N)c1. The number of benzene rings is 1. The maximum Gasteiger partial charge on any atom is 0.319 e. The summed E-state index contributed by atoms with van der Waals surface area (Å²) in [6.45, 7) is 2.22. The van der Waals surface area contributed by atoms with Gasteiger partial charge in [0.1, 0.15) is 0 Å². The van der Waals surface area contributed by atoms with Gasteiger partial charge in [0.25, 0.3) is 0 Å². The first-order valence-electron chi connectivity index (χ1n) is 5.85. The molecule has 1 unspecified atom stereocenters. The molecule has 0 spiro atoms. The minimum atomic E-state index is -0.345. The molecule has 1 aromatic carbocycles. The molecule has 0 aromatic heterocycles. The van der Waals surface area contributed by atoms with E-state index in [1.807, 2.05) is 6.07 Å². The molecule has 1 atom stereocenters. The van der Waals surface area contributed by atoms with Crippen LogP contribution in [0.5, 0.6) is 0 Å². The predicted molar refractivity (Wildman–Crippen MR) is 69.1 cm³/mol. The highest BCUT2D eigenvalue weighted by Gasteiger charge is 2.02. The van der Waals surface area contributed by atoms with Crippen LogP contribution >= 0.6 is 0 Å². The van der Waals surface area contributed by atoms with Crippen LogP contribution in [0.4, 0.5) is 10.5 Å². The number of hydrogen-bond donors (Lipinski definition) is 3. The molecule has 0 aliphatic carbocycles. The van der Waals surface area contributed by atoms with Gasteiger partial charge >= 0.3 is 6.03 Å². The molecule has 1 rings (SSSR count). The van der Waals surface area contributed by atoms with Crippen LogP contribution in [0.15, 0.2) is 24.3 Å². The molecule has 5 heteroatoms. The molecular formula is C13H17N3O2. The molecule has 3 N–H and O–H groups in total. The fourth-order valence-corrected chi connectivity index (χ4v) is 1.44. The van der Waals surface area contributed by atoms with E-state index in [0.29, 0.717) is 24.2 Å². The number of carbonyl (C=O) groups excluding carboxylic acids is 1. The van der Waals surface area contributed by atoms with Crippen LogP contribution in [0.3, 0.4) is 0 Å². The Morgan fingerprint density at radius 2 is 2.33 bits per heavy atom. The van der Waals surface area contributed by atoms with Crippen LogP contribution in [0.2, 0.25) is 0 Å². The number of nitrogens with one attached hydrogen (secondary N) is 2. The minimum Gasteiger partial charge on any atom is -0.393 e. The summed E-state index contributed by atoms with van der Waals surface area (Å²) in [6, 6.07) is 8.40. The molecule has 0 saturated carbocycles. The molecule has 0 saturated heterocycles. The van der Waals surface area contributed by atoms with E-state index in [0.717, 1.165) is 6.42 Å². The molecule has 1 aromatic rings. The molecule has 0 fully saturated rings. The number of anilines is 1. The second-order valence-electron chi connectivity index (χ2n) is 4.06. The van der Waals surface area contributed by atoms with Gasteiger partial charge in [-0.05, 0) is 38.0 Å². The Hall–Kier alpha value is -2.06. The molecule has 5 nitrogen and oxygen atoms in total. The van der Waals surface area contributed by atoms with Crippen molar-refractivity contribution in [3.8, 4) is 6.07 Å². The van der Waals surface area contributed by atoms with Crippen LogP contribution in [0, 0.1) is 11.3 Å². The maximum absolute atomic E-state index is 11.5. The number of aliphatic hydroxyl groups excluding tert-OH is 1. The van der Waals surface area contributed by atoms with Crippen molar-refractivity contribution in [2.75, 3.05) is 11.9 Å². The Labute approximate surface area is 106 Å². The van der Waals surface area contributed by atoms with Gasteiger partial charge in [-0.15, -0.1) is 0 Å². The third-order valence-corrected chi connectivity index (χ3v) is 2.33. The molecule has 18 heavy (non-hydrogen) atoms. The maximum atomic E-state index is 11.5. The van der Waals surface area contributed by atoms with E-state index in [2.05, 4.69) is 10.6 Å². The summed E-state index contributed by atoms with van der Waals surface area (Å²) in [7, 11) is 0. The zero-order valence-corrected chi connectivity index (χ0v) is 10.3. The Kier molecular flexibility index (Phi) is 5.68. The lowest BCUT2D eigenvalue weighted by atomic mass is 10.2. The van der Waals surface area contributed by atoms with Crippen LogP contribution < -0.4 is 10.6 Å². The Morgan fingerprint density at radius 1 is 1.56 bits per heavy atom. The molecule has 0 bridgehead atoms. The quantitative estimate of drug-likeness (QED) is 0.694. The molecular weight excluding hydrogens is 230 g/mol. The van der Waals surface area contributed by atoms with Gasteiger partial charge in [-0.3, -0.25) is 0 Å². The van der Waals surface area contributed by atoms with Gasteiger partial charge in [-0.2, -0.15) is 5.26 Å². The first-order chi connectivity index (χ1) is 8.61. The Balaban J connectivity index is 2.33. The van der Waals surface area contributed by atoms with Crippen LogP contribution in [0.1, 0.15) is 25.3 Å². The first-order valence-corrected chi connectivity index (χ1v) is 5.85. The van der Waals surface area contributed by atoms with Crippen molar-refractivity contribution in [3.05, 3.63) is 29.8 Å². The predicted octanol–water partition coefficient (Wildman–Crippen LogP) is 1.84. The third-order valence-electron chi connectivity index (χ3n) is 2.33. The summed E-state index contributed by atoms with van der Waals surface area (Å²) < 4.78 is 0. The standard InChI is InChI=1S/C13H17N3O2/c1-10(17)4-3-7-15-13(18)16-12-6-2-5-11(8-12)9-14/h2,5-6,8,10,17H,3-4,7H2,1H3,(H2,15,16,18). The average molecular weight is 247 g/mol. The van der Waals surface area contributed by atoms with E-state index in [9.17, 15) is 4.79 Å². The van der Waals surface area contributed by atoms with Gasteiger partial charge in [-0.25, -0.2) is 4.79 Å². The van der Waals surface area contributed by atoms with Gasteiger partial charge in [0, 0.05) is 12.2 Å². The van der Waals surface area contributed by atoms with Crippen LogP contribution in [-0.4, -0.2) is 23.8 Å². The highest BCUT2D eigenvalue weighted by Crippen LogP contribution is 2.09. The van der Waals surface area contributed by atoms with E-state index < -0.39 is 0 Å². The Bertz CT molecular complexity index is 438. The molecule has 2 amide bonds. The van der Waals surface area contributed by atoms with Crippen molar-refractivity contribution in [1.82, 2.24) is 5.32 Å². The van der Waals surface area contributed by atoms with E-state index in [1.165, 1.54) is 0 Å². The fraction of sp³-hybridized carbons (Fsp3) is 0.385. The molecule has 0 aliphatic heterocycles. The van der Waals surface area contributed by atoms with Crippen LogP contribution in [-0.2, 0) is 0 Å². The molecule has 96 valence electrons. The molecule has 0 heterocycles. The molecule has 0 radical (unpaired) electrons. The van der Waals surface area contributed by atoms with Gasteiger partial charge in [-0.1, -0.05) is 6.07 Å². The summed E-state index contributed by atoms with van der Waals surface area (Å²) in [5, 5.41) is 23.1. The fourth-order valence-electron chi connectivity index (χ4n) is 1.44. The van der Waals surface area contributed by atoms with Crippen LogP contribution in [0.25, 0.3) is 0 Å². The second-order valence-corrected chi connectivity index (χ2v) is 4.06. The number of nitrogens with zero attached hydrogens (tertiary/aromatic N) is 1. The Morgan fingerprint density at radius 3 is 3.00 bits per heavy atom. The average Bonchev–Trinajstić information content (AvgIpc) is 2.34. The summed E-state index contributed by atoms with van der Waals surface area (Å²) in [4.78, 5) is 11.5. The van der Waals surface area contributed by atoms with E-state index in [4.69, 9.17) is 10.4 Å². The summed E-state index contributed by atoms with van der Waals surface area (Å²) in [5.74, 6) is 0. The number of urea groups is 1. The lowest BCUT2D eigenvalue weighted by Gasteiger charge is -2.08.